The normalized spacial score (nSPS) is 11.6. The van der Waals surface area contributed by atoms with E-state index in [9.17, 15) is 13.2 Å². The maximum atomic E-state index is 12.2. The number of alkyl halides is 3. The Morgan fingerprint density at radius 1 is 1.28 bits per heavy atom. The van der Waals surface area contributed by atoms with Crippen LogP contribution in [-0.2, 0) is 6.54 Å². The molecule has 1 heterocycles. The summed E-state index contributed by atoms with van der Waals surface area (Å²) in [5.74, 6) is -0.261. The molecular weight excluding hydrogens is 265 g/mol. The Balaban J connectivity index is 2.38. The predicted octanol–water partition coefficient (Wildman–Crippen LogP) is 3.17. The Kier molecular flexibility index (Phi) is 3.53. The Morgan fingerprint density at radius 2 is 2.00 bits per heavy atom. The highest BCUT2D eigenvalue weighted by Crippen LogP contribution is 2.35. The molecule has 0 unspecified atom stereocenters. The fourth-order valence-corrected chi connectivity index (χ4v) is 2.20. The number of benzene rings is 1. The first kappa shape index (κ1) is 12.8. The minimum atomic E-state index is -4.72. The Bertz CT molecular complexity index is 539. The molecule has 2 N–H and O–H groups in total. The van der Waals surface area contributed by atoms with Gasteiger partial charge in [-0.25, -0.2) is 4.98 Å². The summed E-state index contributed by atoms with van der Waals surface area (Å²) in [6.07, 6.45) is -3.17. The zero-order valence-corrected chi connectivity index (χ0v) is 9.89. The fourth-order valence-electron chi connectivity index (χ4n) is 1.38. The predicted molar refractivity (Wildman–Crippen MR) is 62.1 cm³/mol. The number of halogens is 3. The first-order chi connectivity index (χ1) is 8.49. The molecule has 96 valence electrons. The SMILES string of the molecule is NCc1cnc(-c2ccccc2OC(F)(F)F)s1. The molecular formula is C11H9F3N2OS. The lowest BCUT2D eigenvalue weighted by atomic mass is 10.2. The molecule has 0 bridgehead atoms. The smallest absolute Gasteiger partial charge is 0.405 e. The lowest BCUT2D eigenvalue weighted by Gasteiger charge is -2.11. The summed E-state index contributed by atoms with van der Waals surface area (Å²) in [4.78, 5) is 4.84. The van der Waals surface area contributed by atoms with Crippen LogP contribution in [0.25, 0.3) is 10.6 Å². The van der Waals surface area contributed by atoms with E-state index >= 15 is 0 Å². The van der Waals surface area contributed by atoms with Gasteiger partial charge in [-0.3, -0.25) is 0 Å². The second kappa shape index (κ2) is 4.95. The second-order valence-electron chi connectivity index (χ2n) is 3.38. The molecule has 1 aromatic heterocycles. The summed E-state index contributed by atoms with van der Waals surface area (Å²) >= 11 is 1.24. The van der Waals surface area contributed by atoms with E-state index in [2.05, 4.69) is 9.72 Å². The van der Waals surface area contributed by atoms with Crippen molar-refractivity contribution < 1.29 is 17.9 Å². The van der Waals surface area contributed by atoms with Crippen molar-refractivity contribution in [2.75, 3.05) is 0 Å². The largest absolute Gasteiger partial charge is 0.573 e. The van der Waals surface area contributed by atoms with Crippen molar-refractivity contribution in [3.8, 4) is 16.3 Å². The molecule has 18 heavy (non-hydrogen) atoms. The van der Waals surface area contributed by atoms with Gasteiger partial charge < -0.3 is 10.5 Å². The van der Waals surface area contributed by atoms with Gasteiger partial charge in [0.15, 0.2) is 0 Å². The van der Waals surface area contributed by atoms with Gasteiger partial charge in [-0.1, -0.05) is 12.1 Å². The molecule has 0 atom stereocenters. The van der Waals surface area contributed by atoms with Crippen molar-refractivity contribution in [2.24, 2.45) is 5.73 Å². The zero-order valence-electron chi connectivity index (χ0n) is 9.07. The number of aromatic nitrogens is 1. The lowest BCUT2D eigenvalue weighted by molar-refractivity contribution is -0.274. The van der Waals surface area contributed by atoms with Crippen molar-refractivity contribution in [3.63, 3.8) is 0 Å². The maximum Gasteiger partial charge on any atom is 0.573 e. The molecule has 0 spiro atoms. The Labute approximate surface area is 105 Å². The highest BCUT2D eigenvalue weighted by Gasteiger charge is 2.32. The summed E-state index contributed by atoms with van der Waals surface area (Å²) in [5.41, 5.74) is 5.75. The monoisotopic (exact) mass is 274 g/mol. The van der Waals surface area contributed by atoms with Crippen LogP contribution >= 0.6 is 11.3 Å². The second-order valence-corrected chi connectivity index (χ2v) is 4.50. The van der Waals surface area contributed by atoms with Crippen molar-refractivity contribution in [1.82, 2.24) is 4.98 Å². The molecule has 2 rings (SSSR count). The number of ether oxygens (including phenoxy) is 1. The van der Waals surface area contributed by atoms with Gasteiger partial charge in [-0.05, 0) is 12.1 Å². The van der Waals surface area contributed by atoms with Crippen LogP contribution in [0, 0.1) is 0 Å². The molecule has 0 aliphatic heterocycles. The number of para-hydroxylation sites is 1. The van der Waals surface area contributed by atoms with E-state index < -0.39 is 6.36 Å². The Hall–Kier alpha value is -1.60. The molecule has 0 radical (unpaired) electrons. The topological polar surface area (TPSA) is 48.1 Å². The molecule has 0 aliphatic carbocycles. The van der Waals surface area contributed by atoms with Gasteiger partial charge in [0, 0.05) is 17.6 Å². The van der Waals surface area contributed by atoms with Gasteiger partial charge in [0.05, 0.1) is 5.56 Å². The van der Waals surface area contributed by atoms with Crippen LogP contribution in [-0.4, -0.2) is 11.3 Å². The minimum Gasteiger partial charge on any atom is -0.405 e. The number of hydrogen-bond acceptors (Lipinski definition) is 4. The average Bonchev–Trinajstić information content (AvgIpc) is 2.76. The van der Waals surface area contributed by atoms with Gasteiger partial charge in [0.1, 0.15) is 10.8 Å². The van der Waals surface area contributed by atoms with Crippen LogP contribution in [0.3, 0.4) is 0 Å². The van der Waals surface area contributed by atoms with Crippen LogP contribution in [0.5, 0.6) is 5.75 Å². The van der Waals surface area contributed by atoms with Gasteiger partial charge in [-0.15, -0.1) is 24.5 Å². The van der Waals surface area contributed by atoms with E-state index in [1.807, 2.05) is 0 Å². The maximum absolute atomic E-state index is 12.2. The number of thiazole rings is 1. The third kappa shape index (κ3) is 2.99. The molecule has 2 aromatic rings. The van der Waals surface area contributed by atoms with Crippen LogP contribution < -0.4 is 10.5 Å². The van der Waals surface area contributed by atoms with Crippen LogP contribution in [0.1, 0.15) is 4.88 Å². The minimum absolute atomic E-state index is 0.261. The first-order valence-electron chi connectivity index (χ1n) is 4.99. The van der Waals surface area contributed by atoms with Crippen molar-refractivity contribution >= 4 is 11.3 Å². The average molecular weight is 274 g/mol. The van der Waals surface area contributed by atoms with Crippen molar-refractivity contribution in [3.05, 3.63) is 35.3 Å². The Morgan fingerprint density at radius 3 is 2.61 bits per heavy atom. The lowest BCUT2D eigenvalue weighted by Crippen LogP contribution is -2.17. The number of hydrogen-bond donors (Lipinski definition) is 1. The van der Waals surface area contributed by atoms with E-state index in [1.165, 1.54) is 29.5 Å². The first-order valence-corrected chi connectivity index (χ1v) is 5.81. The van der Waals surface area contributed by atoms with Gasteiger partial charge in [-0.2, -0.15) is 0 Å². The van der Waals surface area contributed by atoms with Crippen LogP contribution in [0.4, 0.5) is 13.2 Å². The van der Waals surface area contributed by atoms with Crippen LogP contribution in [0.2, 0.25) is 0 Å². The molecule has 1 aromatic carbocycles. The summed E-state index contributed by atoms with van der Waals surface area (Å²) in [5, 5.41) is 0.454. The molecule has 7 heteroatoms. The standard InChI is InChI=1S/C11H9F3N2OS/c12-11(13,14)17-9-4-2-1-3-8(9)10-16-6-7(5-15)18-10/h1-4,6H,5,15H2. The van der Waals surface area contributed by atoms with Gasteiger partial charge >= 0.3 is 6.36 Å². The quantitative estimate of drug-likeness (QED) is 0.935. The molecule has 0 aliphatic rings. The number of nitrogens with zero attached hydrogens (tertiary/aromatic N) is 1. The molecule has 0 amide bonds. The van der Waals surface area contributed by atoms with Crippen molar-refractivity contribution in [1.29, 1.82) is 0 Å². The van der Waals surface area contributed by atoms with E-state index in [0.717, 1.165) is 4.88 Å². The van der Waals surface area contributed by atoms with Crippen molar-refractivity contribution in [2.45, 2.75) is 12.9 Å². The zero-order chi connectivity index (χ0) is 13.2. The van der Waals surface area contributed by atoms with Crippen LogP contribution in [0.15, 0.2) is 30.5 Å². The molecule has 0 fully saturated rings. The number of rotatable bonds is 3. The van der Waals surface area contributed by atoms with Gasteiger partial charge in [0.25, 0.3) is 0 Å². The fraction of sp³-hybridized carbons (Fsp3) is 0.182. The van der Waals surface area contributed by atoms with Gasteiger partial charge in [0.2, 0.25) is 0 Å². The van der Waals surface area contributed by atoms with E-state index in [-0.39, 0.29) is 5.75 Å². The molecule has 3 nitrogen and oxygen atoms in total. The molecule has 0 saturated carbocycles. The molecule has 0 saturated heterocycles. The summed E-state index contributed by atoms with van der Waals surface area (Å²) in [6.45, 7) is 0.306. The number of nitrogens with two attached hydrogens (primary N) is 1. The summed E-state index contributed by atoms with van der Waals surface area (Å²) in [6, 6.07) is 5.89. The summed E-state index contributed by atoms with van der Waals surface area (Å²) in [7, 11) is 0. The van der Waals surface area contributed by atoms with E-state index in [0.29, 0.717) is 17.1 Å². The highest BCUT2D eigenvalue weighted by molar-refractivity contribution is 7.15. The van der Waals surface area contributed by atoms with E-state index in [1.54, 1.807) is 12.3 Å². The third-order valence-electron chi connectivity index (χ3n) is 2.10. The highest BCUT2D eigenvalue weighted by atomic mass is 32.1. The summed E-state index contributed by atoms with van der Waals surface area (Å²) < 4.78 is 40.7. The third-order valence-corrected chi connectivity index (χ3v) is 3.15. The van der Waals surface area contributed by atoms with E-state index in [4.69, 9.17) is 5.73 Å².